The molecule has 198 valence electrons. The van der Waals surface area contributed by atoms with Gasteiger partial charge in [0.2, 0.25) is 11.8 Å². The molecule has 0 heterocycles. The number of hydrogen-bond donors (Lipinski definition) is 3. The van der Waals surface area contributed by atoms with Gasteiger partial charge in [0.25, 0.3) is 5.91 Å². The Bertz CT molecular complexity index is 1290. The summed E-state index contributed by atoms with van der Waals surface area (Å²) in [5, 5.41) is 14.7. The number of primary amides is 1. The van der Waals surface area contributed by atoms with Crippen LogP contribution in [0.25, 0.3) is 0 Å². The standard InChI is InChI=1S/C28H31N5O5/c1-6-19-12-8-9-13-20(19)24(25(35)31-21-14-10-7-11-18(21)2)33(16-15-29)26(36)22(17-23(30)34)32-27(37)38-28(3,4)5/h1,7-14,22,24H,16-17H2,2-5H3,(H2,30,34)(H,31,35)(H,32,37). The van der Waals surface area contributed by atoms with E-state index in [2.05, 4.69) is 16.6 Å². The first-order valence-electron chi connectivity index (χ1n) is 11.7. The van der Waals surface area contributed by atoms with Crippen molar-refractivity contribution >= 4 is 29.5 Å². The molecule has 0 saturated heterocycles. The fourth-order valence-corrected chi connectivity index (χ4v) is 3.66. The number of carbonyl (C=O) groups excluding carboxylic acids is 4. The normalized spacial score (nSPS) is 12.2. The van der Waals surface area contributed by atoms with Crippen LogP contribution in [-0.2, 0) is 19.1 Å². The summed E-state index contributed by atoms with van der Waals surface area (Å²) in [6.45, 7) is 6.12. The van der Waals surface area contributed by atoms with Gasteiger partial charge in [-0.05, 0) is 51.0 Å². The van der Waals surface area contributed by atoms with E-state index in [0.29, 0.717) is 11.3 Å². The van der Waals surface area contributed by atoms with E-state index < -0.39 is 54.5 Å². The van der Waals surface area contributed by atoms with Crippen LogP contribution in [0.2, 0.25) is 0 Å². The molecule has 0 aliphatic carbocycles. The number of rotatable bonds is 9. The number of anilines is 1. The number of nitrogens with two attached hydrogens (primary N) is 1. The van der Waals surface area contributed by atoms with Crippen LogP contribution in [0, 0.1) is 30.6 Å². The molecule has 0 aliphatic rings. The highest BCUT2D eigenvalue weighted by Gasteiger charge is 2.38. The molecule has 2 atom stereocenters. The summed E-state index contributed by atoms with van der Waals surface area (Å²) in [4.78, 5) is 52.7. The van der Waals surface area contributed by atoms with Gasteiger partial charge in [0.15, 0.2) is 0 Å². The minimum atomic E-state index is -1.51. The summed E-state index contributed by atoms with van der Waals surface area (Å²) in [5.74, 6) is 0.0615. The molecule has 10 nitrogen and oxygen atoms in total. The van der Waals surface area contributed by atoms with Crippen molar-refractivity contribution in [3.05, 3.63) is 65.2 Å². The summed E-state index contributed by atoms with van der Waals surface area (Å²) in [6, 6.07) is 12.5. The number of aryl methyl sites for hydroxylation is 1. The maximum atomic E-state index is 13.8. The third-order valence-electron chi connectivity index (χ3n) is 5.29. The number of benzene rings is 2. The molecule has 0 saturated carbocycles. The molecule has 2 aromatic rings. The zero-order valence-corrected chi connectivity index (χ0v) is 21.8. The van der Waals surface area contributed by atoms with E-state index in [-0.39, 0.29) is 5.56 Å². The van der Waals surface area contributed by atoms with E-state index in [1.54, 1.807) is 76.2 Å². The molecule has 38 heavy (non-hydrogen) atoms. The van der Waals surface area contributed by atoms with E-state index in [9.17, 15) is 24.4 Å². The monoisotopic (exact) mass is 517 g/mol. The van der Waals surface area contributed by atoms with Crippen molar-refractivity contribution in [2.45, 2.75) is 51.8 Å². The minimum Gasteiger partial charge on any atom is -0.444 e. The number of carbonyl (C=O) groups is 4. The molecule has 0 bridgehead atoms. The molecule has 2 aromatic carbocycles. The smallest absolute Gasteiger partial charge is 0.408 e. The molecule has 0 aliphatic heterocycles. The van der Waals surface area contributed by atoms with E-state index in [1.165, 1.54) is 0 Å². The van der Waals surface area contributed by atoms with Gasteiger partial charge in [0.1, 0.15) is 24.2 Å². The van der Waals surface area contributed by atoms with Crippen LogP contribution in [0.4, 0.5) is 10.5 Å². The summed E-state index contributed by atoms with van der Waals surface area (Å²) in [7, 11) is 0. The highest BCUT2D eigenvalue weighted by atomic mass is 16.6. The summed E-state index contributed by atoms with van der Waals surface area (Å²) >= 11 is 0. The molecule has 0 aromatic heterocycles. The van der Waals surface area contributed by atoms with Gasteiger partial charge in [0.05, 0.1) is 12.5 Å². The molecule has 0 spiro atoms. The van der Waals surface area contributed by atoms with Crippen LogP contribution in [0.3, 0.4) is 0 Å². The second-order valence-corrected chi connectivity index (χ2v) is 9.43. The lowest BCUT2D eigenvalue weighted by Crippen LogP contribution is -2.53. The van der Waals surface area contributed by atoms with Crippen molar-refractivity contribution in [2.24, 2.45) is 5.73 Å². The number of nitrogens with one attached hydrogen (secondary N) is 2. The predicted molar refractivity (Wildman–Crippen MR) is 141 cm³/mol. The van der Waals surface area contributed by atoms with Crippen molar-refractivity contribution in [3.8, 4) is 18.4 Å². The first-order valence-corrected chi connectivity index (χ1v) is 11.7. The number of para-hydroxylation sites is 1. The van der Waals surface area contributed by atoms with Crippen molar-refractivity contribution in [1.82, 2.24) is 10.2 Å². The Labute approximate surface area is 222 Å². The lowest BCUT2D eigenvalue weighted by atomic mass is 9.97. The molecule has 2 unspecified atom stereocenters. The predicted octanol–water partition coefficient (Wildman–Crippen LogP) is 2.78. The van der Waals surface area contributed by atoms with Gasteiger partial charge in [-0.2, -0.15) is 5.26 Å². The lowest BCUT2D eigenvalue weighted by molar-refractivity contribution is -0.141. The Kier molecular flexibility index (Phi) is 10.0. The lowest BCUT2D eigenvalue weighted by Gasteiger charge is -2.33. The maximum Gasteiger partial charge on any atom is 0.408 e. The second-order valence-electron chi connectivity index (χ2n) is 9.43. The Hall–Kier alpha value is -4.83. The topological polar surface area (TPSA) is 155 Å². The maximum absolute atomic E-state index is 13.8. The number of alkyl carbamates (subject to hydrolysis) is 1. The number of ether oxygens (including phenoxy) is 1. The van der Waals surface area contributed by atoms with Crippen molar-refractivity contribution in [3.63, 3.8) is 0 Å². The van der Waals surface area contributed by atoms with Crippen LogP contribution < -0.4 is 16.4 Å². The van der Waals surface area contributed by atoms with Gasteiger partial charge in [-0.15, -0.1) is 6.42 Å². The van der Waals surface area contributed by atoms with E-state index in [0.717, 1.165) is 10.5 Å². The first kappa shape index (κ1) is 29.4. The Morgan fingerprint density at radius 1 is 1.11 bits per heavy atom. The molecular weight excluding hydrogens is 486 g/mol. The summed E-state index contributed by atoms with van der Waals surface area (Å²) in [6.07, 6.45) is 4.11. The van der Waals surface area contributed by atoms with Crippen molar-refractivity contribution < 1.29 is 23.9 Å². The minimum absolute atomic E-state index is 0.278. The number of nitriles is 1. The van der Waals surface area contributed by atoms with Crippen LogP contribution in [0.1, 0.15) is 49.9 Å². The highest BCUT2D eigenvalue weighted by molar-refractivity contribution is 6.00. The second kappa shape index (κ2) is 12.9. The first-order chi connectivity index (χ1) is 17.9. The van der Waals surface area contributed by atoms with Gasteiger partial charge < -0.3 is 26.0 Å². The number of hydrogen-bond acceptors (Lipinski definition) is 6. The Morgan fingerprint density at radius 3 is 2.32 bits per heavy atom. The van der Waals surface area contributed by atoms with Crippen LogP contribution in [-0.4, -0.2) is 46.9 Å². The van der Waals surface area contributed by atoms with E-state index in [1.807, 2.05) is 6.07 Å². The highest BCUT2D eigenvalue weighted by Crippen LogP contribution is 2.28. The third-order valence-corrected chi connectivity index (χ3v) is 5.29. The quantitative estimate of drug-likeness (QED) is 0.343. The summed E-state index contributed by atoms with van der Waals surface area (Å²) < 4.78 is 5.22. The fourth-order valence-electron chi connectivity index (χ4n) is 3.66. The van der Waals surface area contributed by atoms with Crippen LogP contribution in [0.15, 0.2) is 48.5 Å². The van der Waals surface area contributed by atoms with Crippen LogP contribution >= 0.6 is 0 Å². The molecular formula is C28H31N5O5. The van der Waals surface area contributed by atoms with E-state index >= 15 is 0 Å². The van der Waals surface area contributed by atoms with Crippen molar-refractivity contribution in [2.75, 3.05) is 11.9 Å². The van der Waals surface area contributed by atoms with Gasteiger partial charge in [0, 0.05) is 11.3 Å². The molecule has 4 N–H and O–H groups in total. The number of terminal acetylenes is 1. The average molecular weight is 518 g/mol. The van der Waals surface area contributed by atoms with Gasteiger partial charge in [-0.3, -0.25) is 14.4 Å². The summed E-state index contributed by atoms with van der Waals surface area (Å²) in [5.41, 5.74) is 6.31. The molecule has 0 fully saturated rings. The van der Waals surface area contributed by atoms with Gasteiger partial charge in [-0.25, -0.2) is 4.79 Å². The fraction of sp³-hybridized carbons (Fsp3) is 0.321. The zero-order chi connectivity index (χ0) is 28.5. The average Bonchev–Trinajstić information content (AvgIpc) is 2.83. The van der Waals surface area contributed by atoms with Crippen molar-refractivity contribution in [1.29, 1.82) is 5.26 Å². The zero-order valence-electron chi connectivity index (χ0n) is 21.8. The van der Waals surface area contributed by atoms with Gasteiger partial charge >= 0.3 is 6.09 Å². The molecule has 4 amide bonds. The van der Waals surface area contributed by atoms with Crippen LogP contribution in [0.5, 0.6) is 0 Å². The molecule has 10 heteroatoms. The largest absolute Gasteiger partial charge is 0.444 e. The number of nitrogens with zero attached hydrogens (tertiary/aromatic N) is 2. The Balaban J connectivity index is 2.59. The molecule has 2 rings (SSSR count). The van der Waals surface area contributed by atoms with E-state index in [4.69, 9.17) is 16.9 Å². The SMILES string of the molecule is C#Cc1ccccc1C(C(=O)Nc1ccccc1C)N(CC#N)C(=O)C(CC(N)=O)NC(=O)OC(C)(C)C. The molecule has 0 radical (unpaired) electrons. The number of amides is 4. The third kappa shape index (κ3) is 8.10. The van der Waals surface area contributed by atoms with Gasteiger partial charge in [-0.1, -0.05) is 42.3 Å². The Morgan fingerprint density at radius 2 is 1.74 bits per heavy atom.